The van der Waals surface area contributed by atoms with Crippen LogP contribution in [0.3, 0.4) is 0 Å². The summed E-state index contributed by atoms with van der Waals surface area (Å²) in [4.78, 5) is 0. The molecule has 0 aromatic carbocycles. The zero-order valence-corrected chi connectivity index (χ0v) is 9.84. The van der Waals surface area contributed by atoms with Gasteiger partial charge < -0.3 is 4.48 Å². The maximum Gasteiger partial charge on any atom is 0.0866 e. The van der Waals surface area contributed by atoms with Gasteiger partial charge in [0.15, 0.2) is 0 Å². The molecule has 1 aliphatic heterocycles. The maximum atomic E-state index is 2.45. The maximum absolute atomic E-state index is 2.45. The van der Waals surface area contributed by atoms with Crippen LogP contribution in [-0.2, 0) is 0 Å². The van der Waals surface area contributed by atoms with Gasteiger partial charge in [-0.25, -0.2) is 0 Å². The molecule has 0 amide bonds. The molecular weight excluding hydrogens is 158 g/mol. The Bertz CT molecular complexity index is 147. The lowest BCUT2D eigenvalue weighted by Crippen LogP contribution is -2.51. The monoisotopic (exact) mass is 184 g/mol. The quantitative estimate of drug-likeness (QED) is 0.589. The van der Waals surface area contributed by atoms with Crippen LogP contribution < -0.4 is 0 Å². The number of hydrogen-bond donors (Lipinski definition) is 0. The molecule has 1 heteroatoms. The second-order valence-corrected chi connectivity index (χ2v) is 5.04. The van der Waals surface area contributed by atoms with E-state index in [4.69, 9.17) is 0 Å². The van der Waals surface area contributed by atoms with E-state index in [-0.39, 0.29) is 0 Å². The third-order valence-electron chi connectivity index (χ3n) is 3.69. The van der Waals surface area contributed by atoms with Gasteiger partial charge in [0.25, 0.3) is 0 Å². The highest BCUT2D eigenvalue weighted by Crippen LogP contribution is 2.31. The van der Waals surface area contributed by atoms with E-state index in [9.17, 15) is 0 Å². The normalized spacial score (nSPS) is 32.3. The predicted octanol–water partition coefficient (Wildman–Crippen LogP) is 3.05. The second-order valence-electron chi connectivity index (χ2n) is 5.04. The summed E-state index contributed by atoms with van der Waals surface area (Å²) < 4.78 is 1.41. The lowest BCUT2D eigenvalue weighted by Gasteiger charge is -2.38. The SMILES string of the molecule is CCC[N+]1(CCC)CC(C)CC1C. The molecule has 0 spiro atoms. The highest BCUT2D eigenvalue weighted by atomic mass is 15.4. The molecule has 0 bridgehead atoms. The van der Waals surface area contributed by atoms with Crippen molar-refractivity contribution in [2.24, 2.45) is 5.92 Å². The first-order chi connectivity index (χ1) is 6.14. The summed E-state index contributed by atoms with van der Waals surface area (Å²) in [5, 5.41) is 0. The smallest absolute Gasteiger partial charge is 0.0866 e. The molecule has 1 fully saturated rings. The topological polar surface area (TPSA) is 0 Å². The summed E-state index contributed by atoms with van der Waals surface area (Å²) in [7, 11) is 0. The first-order valence-corrected chi connectivity index (χ1v) is 6.00. The predicted molar refractivity (Wildman–Crippen MR) is 58.7 cm³/mol. The first kappa shape index (κ1) is 11.0. The van der Waals surface area contributed by atoms with Gasteiger partial charge in [0.1, 0.15) is 0 Å². The van der Waals surface area contributed by atoms with Crippen molar-refractivity contribution in [1.82, 2.24) is 0 Å². The van der Waals surface area contributed by atoms with Crippen molar-refractivity contribution in [3.8, 4) is 0 Å². The molecule has 2 unspecified atom stereocenters. The zero-order chi connectivity index (χ0) is 9.90. The van der Waals surface area contributed by atoms with E-state index in [1.807, 2.05) is 0 Å². The molecule has 1 aliphatic rings. The Hall–Kier alpha value is -0.0400. The van der Waals surface area contributed by atoms with Gasteiger partial charge in [-0.1, -0.05) is 20.8 Å². The van der Waals surface area contributed by atoms with Crippen LogP contribution in [0.4, 0.5) is 0 Å². The van der Waals surface area contributed by atoms with Crippen molar-refractivity contribution in [2.75, 3.05) is 19.6 Å². The molecule has 78 valence electrons. The summed E-state index contributed by atoms with van der Waals surface area (Å²) in [6, 6.07) is 0.912. The molecule has 0 saturated carbocycles. The fraction of sp³-hybridized carbons (Fsp3) is 1.00. The molecule has 1 heterocycles. The van der Waals surface area contributed by atoms with E-state index in [0.717, 1.165) is 12.0 Å². The molecule has 1 rings (SSSR count). The Labute approximate surface area is 83.7 Å². The Kier molecular flexibility index (Phi) is 3.78. The highest BCUT2D eigenvalue weighted by Gasteiger charge is 2.40. The summed E-state index contributed by atoms with van der Waals surface area (Å²) in [5.41, 5.74) is 0. The summed E-state index contributed by atoms with van der Waals surface area (Å²) in [6.07, 6.45) is 4.13. The highest BCUT2D eigenvalue weighted by molar-refractivity contribution is 4.69. The van der Waals surface area contributed by atoms with Gasteiger partial charge >= 0.3 is 0 Å². The average molecular weight is 184 g/mol. The van der Waals surface area contributed by atoms with E-state index < -0.39 is 0 Å². The molecule has 1 saturated heterocycles. The first-order valence-electron chi connectivity index (χ1n) is 6.00. The van der Waals surface area contributed by atoms with Crippen LogP contribution in [0, 0.1) is 5.92 Å². The zero-order valence-electron chi connectivity index (χ0n) is 9.84. The average Bonchev–Trinajstić information content (AvgIpc) is 2.28. The van der Waals surface area contributed by atoms with Crippen LogP contribution >= 0.6 is 0 Å². The third-order valence-corrected chi connectivity index (χ3v) is 3.69. The van der Waals surface area contributed by atoms with Crippen molar-refractivity contribution < 1.29 is 4.48 Å². The Morgan fingerprint density at radius 1 is 1.08 bits per heavy atom. The van der Waals surface area contributed by atoms with Gasteiger partial charge in [-0.15, -0.1) is 0 Å². The largest absolute Gasteiger partial charge is 0.321 e. The van der Waals surface area contributed by atoms with E-state index in [1.165, 1.54) is 43.4 Å². The molecule has 0 aromatic rings. The number of likely N-dealkylation sites (tertiary alicyclic amines) is 1. The molecule has 0 aromatic heterocycles. The van der Waals surface area contributed by atoms with Crippen molar-refractivity contribution >= 4 is 0 Å². The number of quaternary nitrogens is 1. The summed E-state index contributed by atoms with van der Waals surface area (Å²) >= 11 is 0. The third kappa shape index (κ3) is 2.25. The Balaban J connectivity index is 2.65. The lowest BCUT2D eigenvalue weighted by atomic mass is 10.1. The molecule has 2 atom stereocenters. The standard InChI is InChI=1S/C12H26N/c1-5-7-13(8-6-2)10-11(3)9-12(13)4/h11-12H,5-10H2,1-4H3/q+1. The lowest BCUT2D eigenvalue weighted by molar-refractivity contribution is -0.938. The minimum atomic E-state index is 0.912. The van der Waals surface area contributed by atoms with Crippen molar-refractivity contribution in [1.29, 1.82) is 0 Å². The summed E-state index contributed by atoms with van der Waals surface area (Å²) in [5.74, 6) is 0.952. The molecular formula is C12H26N+. The van der Waals surface area contributed by atoms with Crippen LogP contribution in [-0.4, -0.2) is 30.2 Å². The van der Waals surface area contributed by atoms with E-state index in [0.29, 0.717) is 0 Å². The van der Waals surface area contributed by atoms with Gasteiger partial charge in [-0.3, -0.25) is 0 Å². The van der Waals surface area contributed by atoms with Crippen LogP contribution in [0.25, 0.3) is 0 Å². The Morgan fingerprint density at radius 2 is 1.62 bits per heavy atom. The molecule has 0 radical (unpaired) electrons. The second kappa shape index (κ2) is 4.45. The van der Waals surface area contributed by atoms with Crippen molar-refractivity contribution in [3.63, 3.8) is 0 Å². The van der Waals surface area contributed by atoms with E-state index >= 15 is 0 Å². The number of hydrogen-bond acceptors (Lipinski definition) is 0. The number of nitrogens with zero attached hydrogens (tertiary/aromatic N) is 1. The van der Waals surface area contributed by atoms with Gasteiger partial charge in [-0.2, -0.15) is 0 Å². The minimum absolute atomic E-state index is 0.912. The van der Waals surface area contributed by atoms with Gasteiger partial charge in [0, 0.05) is 12.3 Å². The van der Waals surface area contributed by atoms with Crippen LogP contribution in [0.5, 0.6) is 0 Å². The minimum Gasteiger partial charge on any atom is -0.321 e. The van der Waals surface area contributed by atoms with Crippen molar-refractivity contribution in [3.05, 3.63) is 0 Å². The molecule has 1 nitrogen and oxygen atoms in total. The molecule has 0 aliphatic carbocycles. The number of rotatable bonds is 4. The Morgan fingerprint density at radius 3 is 1.92 bits per heavy atom. The fourth-order valence-corrected chi connectivity index (χ4v) is 3.31. The van der Waals surface area contributed by atoms with Crippen LogP contribution in [0.15, 0.2) is 0 Å². The van der Waals surface area contributed by atoms with E-state index in [2.05, 4.69) is 27.7 Å². The fourth-order valence-electron chi connectivity index (χ4n) is 3.31. The summed E-state index contributed by atoms with van der Waals surface area (Å²) in [6.45, 7) is 13.8. The van der Waals surface area contributed by atoms with Crippen LogP contribution in [0.2, 0.25) is 0 Å². The van der Waals surface area contributed by atoms with Crippen LogP contribution in [0.1, 0.15) is 47.0 Å². The molecule has 13 heavy (non-hydrogen) atoms. The molecule has 0 N–H and O–H groups in total. The van der Waals surface area contributed by atoms with Gasteiger partial charge in [0.2, 0.25) is 0 Å². The van der Waals surface area contributed by atoms with Gasteiger partial charge in [-0.05, 0) is 19.8 Å². The van der Waals surface area contributed by atoms with E-state index in [1.54, 1.807) is 0 Å². The van der Waals surface area contributed by atoms with Crippen molar-refractivity contribution in [2.45, 2.75) is 53.0 Å². The van der Waals surface area contributed by atoms with Gasteiger partial charge in [0.05, 0.1) is 25.7 Å².